The Morgan fingerprint density at radius 3 is 2.56 bits per heavy atom. The number of methoxy groups -OCH3 is 1. The largest absolute Gasteiger partial charge is 0.496 e. The maximum absolute atomic E-state index is 6.46. The number of benzene rings is 3. The van der Waals surface area contributed by atoms with Crippen LogP contribution in [0.1, 0.15) is 28.4 Å². The molecule has 25 heavy (non-hydrogen) atoms. The lowest BCUT2D eigenvalue weighted by Crippen LogP contribution is -2.05. The zero-order chi connectivity index (χ0) is 17.4. The van der Waals surface area contributed by atoms with Crippen molar-refractivity contribution in [3.05, 3.63) is 82.9 Å². The minimum Gasteiger partial charge on any atom is -0.496 e. The van der Waals surface area contributed by atoms with Gasteiger partial charge in [0.25, 0.3) is 0 Å². The van der Waals surface area contributed by atoms with Gasteiger partial charge in [-0.25, -0.2) is 0 Å². The van der Waals surface area contributed by atoms with Gasteiger partial charge in [-0.05, 0) is 36.6 Å². The summed E-state index contributed by atoms with van der Waals surface area (Å²) in [6.07, 6.45) is 0.980. The third-order valence-corrected chi connectivity index (χ3v) is 4.94. The highest BCUT2D eigenvalue weighted by Crippen LogP contribution is 2.45. The van der Waals surface area contributed by atoms with Crippen LogP contribution in [0.4, 0.5) is 0 Å². The van der Waals surface area contributed by atoms with Gasteiger partial charge in [0.2, 0.25) is 0 Å². The lowest BCUT2D eigenvalue weighted by molar-refractivity contribution is 0.238. The van der Waals surface area contributed by atoms with E-state index in [1.807, 2.05) is 18.2 Å². The molecule has 0 saturated carbocycles. The van der Waals surface area contributed by atoms with Gasteiger partial charge in [-0.15, -0.1) is 0 Å². The molecule has 2 heteroatoms. The Balaban J connectivity index is 1.77. The first kappa shape index (κ1) is 15.8. The molecule has 1 atom stereocenters. The molecule has 1 aliphatic rings. The fourth-order valence-corrected chi connectivity index (χ4v) is 3.63. The molecule has 0 bridgehead atoms. The van der Waals surface area contributed by atoms with Crippen LogP contribution in [-0.2, 0) is 6.42 Å². The van der Waals surface area contributed by atoms with Crippen molar-refractivity contribution in [2.45, 2.75) is 26.4 Å². The van der Waals surface area contributed by atoms with E-state index >= 15 is 0 Å². The Morgan fingerprint density at radius 2 is 1.72 bits per heavy atom. The summed E-state index contributed by atoms with van der Waals surface area (Å²) in [5.41, 5.74) is 7.26. The average Bonchev–Trinajstić information content (AvgIpc) is 3.07. The van der Waals surface area contributed by atoms with Crippen molar-refractivity contribution in [2.75, 3.05) is 7.11 Å². The van der Waals surface area contributed by atoms with Crippen molar-refractivity contribution in [3.63, 3.8) is 0 Å². The SMILES string of the molecule is COc1ccccc1-c1cccc2c1OC(c1cc(C)ccc1C)C2. The monoisotopic (exact) mass is 330 g/mol. The molecule has 0 aromatic heterocycles. The van der Waals surface area contributed by atoms with Crippen molar-refractivity contribution >= 4 is 0 Å². The maximum Gasteiger partial charge on any atom is 0.131 e. The molecule has 126 valence electrons. The quantitative estimate of drug-likeness (QED) is 0.617. The Hall–Kier alpha value is -2.74. The van der Waals surface area contributed by atoms with Gasteiger partial charge in [0.1, 0.15) is 17.6 Å². The molecule has 0 N–H and O–H groups in total. The molecule has 0 aliphatic carbocycles. The van der Waals surface area contributed by atoms with Crippen LogP contribution in [0, 0.1) is 13.8 Å². The van der Waals surface area contributed by atoms with Crippen molar-refractivity contribution < 1.29 is 9.47 Å². The third-order valence-electron chi connectivity index (χ3n) is 4.94. The van der Waals surface area contributed by atoms with Gasteiger partial charge in [0.05, 0.1) is 7.11 Å². The summed E-state index contributed by atoms with van der Waals surface area (Å²) in [6, 6.07) is 21.1. The zero-order valence-corrected chi connectivity index (χ0v) is 14.9. The first-order valence-electron chi connectivity index (χ1n) is 8.66. The van der Waals surface area contributed by atoms with E-state index in [-0.39, 0.29) is 6.10 Å². The summed E-state index contributed by atoms with van der Waals surface area (Å²) >= 11 is 0. The standard InChI is InChI=1S/C23H22O2/c1-15-11-12-16(2)20(13-15)22-14-17-7-6-9-19(23(17)25-22)18-8-4-5-10-21(18)24-3/h4-13,22H,14H2,1-3H3. The molecule has 3 aromatic carbocycles. The van der Waals surface area contributed by atoms with E-state index < -0.39 is 0 Å². The third kappa shape index (κ3) is 2.78. The van der Waals surface area contributed by atoms with Crippen LogP contribution in [0.25, 0.3) is 11.1 Å². The average molecular weight is 330 g/mol. The molecule has 0 spiro atoms. The topological polar surface area (TPSA) is 18.5 Å². The molecule has 2 nitrogen and oxygen atoms in total. The highest BCUT2D eigenvalue weighted by molar-refractivity contribution is 5.77. The van der Waals surface area contributed by atoms with E-state index in [2.05, 4.69) is 56.3 Å². The number of rotatable bonds is 3. The molecule has 0 radical (unpaired) electrons. The first-order chi connectivity index (χ1) is 12.2. The van der Waals surface area contributed by atoms with Crippen LogP contribution >= 0.6 is 0 Å². The number of aryl methyl sites for hydroxylation is 2. The fourth-order valence-electron chi connectivity index (χ4n) is 3.63. The smallest absolute Gasteiger partial charge is 0.131 e. The van der Waals surface area contributed by atoms with Crippen LogP contribution in [0.15, 0.2) is 60.7 Å². The molecule has 1 heterocycles. The van der Waals surface area contributed by atoms with Gasteiger partial charge >= 0.3 is 0 Å². The normalized spacial score (nSPS) is 15.6. The first-order valence-corrected chi connectivity index (χ1v) is 8.66. The van der Waals surface area contributed by atoms with E-state index in [1.54, 1.807) is 7.11 Å². The highest BCUT2D eigenvalue weighted by Gasteiger charge is 2.28. The Labute approximate surface area is 149 Å². The number of hydrogen-bond acceptors (Lipinski definition) is 2. The molecule has 1 aliphatic heterocycles. The molecular formula is C23H22O2. The molecule has 0 fully saturated rings. The van der Waals surface area contributed by atoms with E-state index in [0.29, 0.717) is 0 Å². The lowest BCUT2D eigenvalue weighted by atomic mass is 9.96. The molecule has 0 saturated heterocycles. The number of ether oxygens (including phenoxy) is 2. The number of hydrogen-bond donors (Lipinski definition) is 0. The van der Waals surface area contributed by atoms with E-state index in [9.17, 15) is 0 Å². The summed E-state index contributed by atoms with van der Waals surface area (Å²) in [7, 11) is 1.71. The molecule has 1 unspecified atom stereocenters. The van der Waals surface area contributed by atoms with Gasteiger partial charge in [0, 0.05) is 17.5 Å². The van der Waals surface area contributed by atoms with Gasteiger partial charge in [-0.2, -0.15) is 0 Å². The van der Waals surface area contributed by atoms with Gasteiger partial charge in [-0.1, -0.05) is 60.2 Å². The summed E-state index contributed by atoms with van der Waals surface area (Å²) in [4.78, 5) is 0. The van der Waals surface area contributed by atoms with Crippen molar-refractivity contribution in [3.8, 4) is 22.6 Å². The van der Waals surface area contributed by atoms with Gasteiger partial charge in [0.15, 0.2) is 0 Å². The number of para-hydroxylation sites is 2. The lowest BCUT2D eigenvalue weighted by Gasteiger charge is -2.16. The van der Waals surface area contributed by atoms with Gasteiger partial charge < -0.3 is 9.47 Å². The van der Waals surface area contributed by atoms with Crippen molar-refractivity contribution in [1.82, 2.24) is 0 Å². The van der Waals surface area contributed by atoms with E-state index in [4.69, 9.17) is 9.47 Å². The van der Waals surface area contributed by atoms with Gasteiger partial charge in [-0.3, -0.25) is 0 Å². The molecular weight excluding hydrogens is 308 g/mol. The van der Waals surface area contributed by atoms with E-state index in [1.165, 1.54) is 22.3 Å². The summed E-state index contributed by atoms with van der Waals surface area (Å²) in [5, 5.41) is 0. The van der Waals surface area contributed by atoms with Crippen LogP contribution in [0.2, 0.25) is 0 Å². The molecule has 4 rings (SSSR count). The van der Waals surface area contributed by atoms with Crippen molar-refractivity contribution in [1.29, 1.82) is 0 Å². The summed E-state index contributed by atoms with van der Waals surface area (Å²) in [6.45, 7) is 4.29. The van der Waals surface area contributed by atoms with Crippen molar-refractivity contribution in [2.24, 2.45) is 0 Å². The minimum absolute atomic E-state index is 0.0748. The second-order valence-corrected chi connectivity index (χ2v) is 6.66. The Morgan fingerprint density at radius 1 is 0.920 bits per heavy atom. The fraction of sp³-hybridized carbons (Fsp3) is 0.217. The van der Waals surface area contributed by atoms with Crippen LogP contribution in [0.3, 0.4) is 0 Å². The number of fused-ring (bicyclic) bond motifs is 1. The van der Waals surface area contributed by atoms with Crippen LogP contribution < -0.4 is 9.47 Å². The van der Waals surface area contributed by atoms with Crippen LogP contribution in [0.5, 0.6) is 11.5 Å². The highest BCUT2D eigenvalue weighted by atomic mass is 16.5. The van der Waals surface area contributed by atoms with E-state index in [0.717, 1.165) is 29.0 Å². The Bertz CT molecular complexity index is 927. The predicted octanol–water partition coefficient (Wildman–Crippen LogP) is 5.66. The second kappa shape index (κ2) is 6.29. The molecule has 0 amide bonds. The maximum atomic E-state index is 6.46. The van der Waals surface area contributed by atoms with Crippen LogP contribution in [-0.4, -0.2) is 7.11 Å². The molecule has 3 aromatic rings. The Kier molecular flexibility index (Phi) is 3.96. The second-order valence-electron chi connectivity index (χ2n) is 6.66. The summed E-state index contributed by atoms with van der Waals surface area (Å²) < 4.78 is 12.0. The minimum atomic E-state index is 0.0748. The summed E-state index contributed by atoms with van der Waals surface area (Å²) in [5.74, 6) is 1.85. The zero-order valence-electron chi connectivity index (χ0n) is 14.9. The predicted molar refractivity (Wildman–Crippen MR) is 101 cm³/mol.